The Labute approximate surface area is 209 Å². The fourth-order valence-electron chi connectivity index (χ4n) is 4.01. The summed E-state index contributed by atoms with van der Waals surface area (Å²) >= 11 is 0. The smallest absolute Gasteiger partial charge is 0 e. The van der Waals surface area contributed by atoms with Crippen LogP contribution in [-0.4, -0.2) is 0 Å². The third-order valence-electron chi connectivity index (χ3n) is 5.57. The molecular weight excluding hydrogens is 581 g/mol. The zero-order chi connectivity index (χ0) is 21.6. The molecular formula is C30H24IrN2-2. The van der Waals surface area contributed by atoms with Crippen LogP contribution in [0.15, 0.2) is 122 Å². The molecule has 33 heavy (non-hydrogen) atoms. The van der Waals surface area contributed by atoms with Gasteiger partial charge in [0.15, 0.2) is 0 Å². The van der Waals surface area contributed by atoms with E-state index in [0.29, 0.717) is 0 Å². The molecule has 0 aliphatic carbocycles. The molecule has 6 rings (SSSR count). The Kier molecular flexibility index (Phi) is 7.36. The van der Waals surface area contributed by atoms with Crippen LogP contribution in [0.1, 0.15) is 33.4 Å². The monoisotopic (exact) mass is 605 g/mol. The van der Waals surface area contributed by atoms with Crippen molar-refractivity contribution in [3.63, 3.8) is 0 Å². The number of nitrogens with one attached hydrogen (secondary N) is 2. The van der Waals surface area contributed by atoms with E-state index in [-0.39, 0.29) is 20.1 Å². The van der Waals surface area contributed by atoms with Gasteiger partial charge in [-0.1, -0.05) is 107 Å². The minimum atomic E-state index is 0. The van der Waals surface area contributed by atoms with Crippen LogP contribution in [0.2, 0.25) is 0 Å². The van der Waals surface area contributed by atoms with Crippen LogP contribution in [0.4, 0.5) is 0 Å². The number of rotatable bonds is 2. The van der Waals surface area contributed by atoms with Gasteiger partial charge in [0, 0.05) is 20.1 Å². The van der Waals surface area contributed by atoms with Crippen molar-refractivity contribution < 1.29 is 20.1 Å². The van der Waals surface area contributed by atoms with E-state index in [9.17, 15) is 0 Å². The van der Waals surface area contributed by atoms with Crippen molar-refractivity contribution in [2.24, 2.45) is 0 Å². The predicted molar refractivity (Wildman–Crippen MR) is 133 cm³/mol. The predicted octanol–water partition coefficient (Wildman–Crippen LogP) is 6.38. The van der Waals surface area contributed by atoms with Gasteiger partial charge in [-0.05, 0) is 24.5 Å². The Morgan fingerprint density at radius 1 is 0.424 bits per heavy atom. The molecule has 1 radical (unpaired) electrons. The van der Waals surface area contributed by atoms with Crippen molar-refractivity contribution in [2.75, 3.05) is 0 Å². The molecule has 0 spiro atoms. The minimum Gasteiger partial charge on any atom is -0.394 e. The van der Waals surface area contributed by atoms with E-state index in [0.717, 1.165) is 0 Å². The van der Waals surface area contributed by atoms with Gasteiger partial charge in [0.05, 0.1) is 0 Å². The Morgan fingerprint density at radius 3 is 1.21 bits per heavy atom. The van der Waals surface area contributed by atoms with Crippen LogP contribution in [0.3, 0.4) is 0 Å². The van der Waals surface area contributed by atoms with Gasteiger partial charge in [-0.15, -0.1) is 47.5 Å². The zero-order valence-electron chi connectivity index (χ0n) is 18.0. The van der Waals surface area contributed by atoms with Crippen molar-refractivity contribution in [1.29, 1.82) is 0 Å². The van der Waals surface area contributed by atoms with Gasteiger partial charge in [-0.25, -0.2) is 0 Å². The minimum absolute atomic E-state index is 0. The average Bonchev–Trinajstić information content (AvgIpc) is 2.89. The van der Waals surface area contributed by atoms with Crippen LogP contribution < -0.4 is 10.6 Å². The second-order valence-corrected chi connectivity index (χ2v) is 7.61. The van der Waals surface area contributed by atoms with Gasteiger partial charge >= 0.3 is 0 Å². The molecule has 0 unspecified atom stereocenters. The number of hydrogen-bond donors (Lipinski definition) is 2. The van der Waals surface area contributed by atoms with E-state index in [1.54, 1.807) is 0 Å². The summed E-state index contributed by atoms with van der Waals surface area (Å²) in [4.78, 5) is 0. The van der Waals surface area contributed by atoms with E-state index in [4.69, 9.17) is 0 Å². The summed E-state index contributed by atoms with van der Waals surface area (Å²) in [5.41, 5.74) is 7.49. The van der Waals surface area contributed by atoms with E-state index in [1.165, 1.54) is 45.5 Å². The summed E-state index contributed by atoms with van der Waals surface area (Å²) in [6, 6.07) is 40.0. The van der Waals surface area contributed by atoms with Gasteiger partial charge in [-0.3, -0.25) is 0 Å². The maximum absolute atomic E-state index is 3.33. The number of benzene rings is 4. The molecule has 4 aromatic carbocycles. The Hall–Kier alpha value is -3.65. The fraction of sp³-hybridized carbons (Fsp3) is 0. The van der Waals surface area contributed by atoms with Gasteiger partial charge < -0.3 is 10.6 Å². The maximum Gasteiger partial charge on any atom is 0 e. The first-order chi connectivity index (χ1) is 15.9. The summed E-state index contributed by atoms with van der Waals surface area (Å²) in [5, 5.41) is 6.66. The standard InChI is InChI=1S/2C15H12N.Ir/c2*1-2-7-13(8-3-1)15-14-9-5-4-6-12(14)10-11-16-15;/h2*1-11,16H;/q2*-1;. The largest absolute Gasteiger partial charge is 0.394 e. The van der Waals surface area contributed by atoms with Gasteiger partial charge in [0.25, 0.3) is 0 Å². The summed E-state index contributed by atoms with van der Waals surface area (Å²) in [7, 11) is 0. The first-order valence-electron chi connectivity index (χ1n) is 10.8. The molecule has 0 amide bonds. The van der Waals surface area contributed by atoms with Crippen LogP contribution >= 0.6 is 0 Å². The van der Waals surface area contributed by atoms with Crippen LogP contribution in [0.5, 0.6) is 0 Å². The average molecular weight is 605 g/mol. The molecule has 0 aromatic heterocycles. The van der Waals surface area contributed by atoms with Crippen molar-refractivity contribution in [3.8, 4) is 0 Å². The molecule has 165 valence electrons. The Morgan fingerprint density at radius 2 is 0.788 bits per heavy atom. The van der Waals surface area contributed by atoms with Crippen LogP contribution in [0.25, 0.3) is 12.2 Å². The van der Waals surface area contributed by atoms with Crippen molar-refractivity contribution in [3.05, 3.63) is 167 Å². The van der Waals surface area contributed by atoms with E-state index < -0.39 is 0 Å². The van der Waals surface area contributed by atoms with Crippen LogP contribution in [0, 0.1) is 12.1 Å². The topological polar surface area (TPSA) is 24.1 Å². The van der Waals surface area contributed by atoms with Crippen molar-refractivity contribution in [1.82, 2.24) is 10.6 Å². The molecule has 0 fully saturated rings. The molecule has 0 saturated heterocycles. The molecule has 2 N–H and O–H groups in total. The summed E-state index contributed by atoms with van der Waals surface area (Å²) in [6.07, 6.45) is 8.18. The SMILES string of the molecule is C1=Cc2ccccc2[C-](c2ccccc2)N1.C1=Cc2ccccc2[C-](c2ccccc2)N1.[Ir]. The molecule has 2 heterocycles. The quantitative estimate of drug-likeness (QED) is 0.260. The molecule has 3 heteroatoms. The second-order valence-electron chi connectivity index (χ2n) is 7.61. The zero-order valence-corrected chi connectivity index (χ0v) is 20.4. The Balaban J connectivity index is 0.000000152. The summed E-state index contributed by atoms with van der Waals surface area (Å²) in [6.45, 7) is 0. The van der Waals surface area contributed by atoms with Crippen molar-refractivity contribution >= 4 is 12.2 Å². The molecule has 2 aliphatic rings. The van der Waals surface area contributed by atoms with E-state index >= 15 is 0 Å². The second kappa shape index (κ2) is 10.8. The first-order valence-corrected chi connectivity index (χ1v) is 10.8. The molecule has 0 saturated carbocycles. The van der Waals surface area contributed by atoms with Gasteiger partial charge in [0.1, 0.15) is 0 Å². The summed E-state index contributed by atoms with van der Waals surface area (Å²) in [5.74, 6) is 0. The number of hydrogen-bond acceptors (Lipinski definition) is 2. The molecule has 0 atom stereocenters. The normalized spacial score (nSPS) is 12.7. The fourth-order valence-corrected chi connectivity index (χ4v) is 4.01. The van der Waals surface area contributed by atoms with Gasteiger partial charge in [-0.2, -0.15) is 0 Å². The summed E-state index contributed by atoms with van der Waals surface area (Å²) < 4.78 is 0. The molecule has 2 aliphatic heterocycles. The van der Waals surface area contributed by atoms with E-state index in [2.05, 4.69) is 120 Å². The van der Waals surface area contributed by atoms with E-state index in [1.807, 2.05) is 24.5 Å². The first kappa shape index (κ1) is 22.5. The maximum atomic E-state index is 3.33. The molecule has 0 bridgehead atoms. The third-order valence-corrected chi connectivity index (χ3v) is 5.57. The Bertz CT molecular complexity index is 1130. The van der Waals surface area contributed by atoms with Crippen molar-refractivity contribution in [2.45, 2.75) is 0 Å². The van der Waals surface area contributed by atoms with Gasteiger partial charge in [0.2, 0.25) is 0 Å². The molecule has 4 aromatic rings. The third kappa shape index (κ3) is 5.06. The number of fused-ring (bicyclic) bond motifs is 2. The van der Waals surface area contributed by atoms with Crippen LogP contribution in [-0.2, 0) is 20.1 Å². The molecule has 2 nitrogen and oxygen atoms in total.